The summed E-state index contributed by atoms with van der Waals surface area (Å²) in [6.45, 7) is 1.66. The molecule has 1 aromatic carbocycles. The van der Waals surface area contributed by atoms with E-state index in [9.17, 15) is 9.59 Å². The molecule has 1 aliphatic rings. The predicted octanol–water partition coefficient (Wildman–Crippen LogP) is 2.23. The van der Waals surface area contributed by atoms with E-state index in [-0.39, 0.29) is 11.6 Å². The Hall–Kier alpha value is -2.16. The number of nitrogens with zero attached hydrogens (tertiary/aromatic N) is 1. The van der Waals surface area contributed by atoms with Gasteiger partial charge in [0.25, 0.3) is 0 Å². The number of allylic oxidation sites excluding steroid dienone is 4. The fourth-order valence-electron chi connectivity index (χ4n) is 1.83. The average Bonchev–Trinajstić information content (AvgIpc) is 2.34. The van der Waals surface area contributed by atoms with Crippen LogP contribution in [0.15, 0.2) is 42.0 Å². The van der Waals surface area contributed by atoms with E-state index < -0.39 is 0 Å². The van der Waals surface area contributed by atoms with Gasteiger partial charge in [-0.05, 0) is 36.8 Å². The number of carbonyl (C=O) groups is 2. The van der Waals surface area contributed by atoms with E-state index in [4.69, 9.17) is 0 Å². The van der Waals surface area contributed by atoms with Crippen LogP contribution in [0.2, 0.25) is 0 Å². The summed E-state index contributed by atoms with van der Waals surface area (Å²) in [6, 6.07) is 7.58. The molecule has 0 amide bonds. The Morgan fingerprint density at radius 2 is 1.50 bits per heavy atom. The summed E-state index contributed by atoms with van der Waals surface area (Å²) in [7, 11) is 3.91. The van der Waals surface area contributed by atoms with Crippen LogP contribution in [0, 0.1) is 0 Å². The Balaban J connectivity index is 2.35. The topological polar surface area (TPSA) is 37.4 Å². The van der Waals surface area contributed by atoms with Gasteiger partial charge in [-0.2, -0.15) is 0 Å². The zero-order valence-corrected chi connectivity index (χ0v) is 10.7. The number of benzene rings is 1. The predicted molar refractivity (Wildman–Crippen MR) is 72.5 cm³/mol. The van der Waals surface area contributed by atoms with Crippen molar-refractivity contribution in [1.82, 2.24) is 0 Å². The number of hydrogen-bond acceptors (Lipinski definition) is 3. The van der Waals surface area contributed by atoms with Crippen molar-refractivity contribution in [3.63, 3.8) is 0 Å². The molecule has 0 aliphatic heterocycles. The van der Waals surface area contributed by atoms with Crippen LogP contribution >= 0.6 is 0 Å². The lowest BCUT2D eigenvalue weighted by Crippen LogP contribution is -2.11. The van der Waals surface area contributed by atoms with Gasteiger partial charge in [0, 0.05) is 30.9 Å². The second kappa shape index (κ2) is 4.61. The summed E-state index contributed by atoms with van der Waals surface area (Å²) in [5.74, 6) is -0.203. The number of hydrogen-bond donors (Lipinski definition) is 0. The van der Waals surface area contributed by atoms with Crippen molar-refractivity contribution in [2.75, 3.05) is 19.0 Å². The van der Waals surface area contributed by atoms with Crippen molar-refractivity contribution in [3.8, 4) is 0 Å². The molecule has 3 nitrogen and oxygen atoms in total. The molecule has 0 radical (unpaired) electrons. The van der Waals surface area contributed by atoms with Crippen LogP contribution in [0.4, 0.5) is 5.69 Å². The number of rotatable bonds is 2. The summed E-state index contributed by atoms with van der Waals surface area (Å²) in [6.07, 6.45) is 2.82. The van der Waals surface area contributed by atoms with Crippen LogP contribution in [-0.2, 0) is 9.59 Å². The molecular formula is C15H15NO2. The normalized spacial score (nSPS) is 15.3. The van der Waals surface area contributed by atoms with Crippen LogP contribution in [-0.4, -0.2) is 25.7 Å². The van der Waals surface area contributed by atoms with Crippen molar-refractivity contribution in [3.05, 3.63) is 47.6 Å². The molecule has 0 saturated carbocycles. The molecule has 0 unspecified atom stereocenters. The Kier molecular flexibility index (Phi) is 3.15. The number of carbonyl (C=O) groups excluding carboxylic acids is 2. The first kappa shape index (κ1) is 12.3. The van der Waals surface area contributed by atoms with Gasteiger partial charge in [0.05, 0.1) is 0 Å². The van der Waals surface area contributed by atoms with E-state index in [1.54, 1.807) is 6.92 Å². The molecule has 92 valence electrons. The maximum atomic E-state index is 11.9. The smallest absolute Gasteiger partial charge is 0.186 e. The third kappa shape index (κ3) is 2.25. The first-order valence-electron chi connectivity index (χ1n) is 5.75. The molecule has 2 rings (SSSR count). The molecule has 1 aliphatic carbocycles. The molecule has 0 bridgehead atoms. The molecule has 1 aromatic rings. The fourth-order valence-corrected chi connectivity index (χ4v) is 1.83. The summed E-state index contributed by atoms with van der Waals surface area (Å²) in [4.78, 5) is 25.4. The van der Waals surface area contributed by atoms with E-state index in [2.05, 4.69) is 0 Å². The third-order valence-corrected chi connectivity index (χ3v) is 2.97. The summed E-state index contributed by atoms with van der Waals surface area (Å²) in [5.41, 5.74) is 2.80. The quantitative estimate of drug-likeness (QED) is 0.745. The lowest BCUT2D eigenvalue weighted by Gasteiger charge is -2.14. The van der Waals surface area contributed by atoms with Gasteiger partial charge in [-0.3, -0.25) is 9.59 Å². The van der Waals surface area contributed by atoms with Crippen molar-refractivity contribution in [2.24, 2.45) is 0 Å². The highest BCUT2D eigenvalue weighted by atomic mass is 16.1. The highest BCUT2D eigenvalue weighted by Gasteiger charge is 2.18. The van der Waals surface area contributed by atoms with Gasteiger partial charge < -0.3 is 4.90 Å². The van der Waals surface area contributed by atoms with E-state index in [1.807, 2.05) is 43.3 Å². The minimum atomic E-state index is -0.107. The Labute approximate surface area is 106 Å². The lowest BCUT2D eigenvalue weighted by atomic mass is 9.93. The lowest BCUT2D eigenvalue weighted by molar-refractivity contribution is -0.114. The molecule has 0 N–H and O–H groups in total. The van der Waals surface area contributed by atoms with E-state index in [0.29, 0.717) is 11.1 Å². The zero-order chi connectivity index (χ0) is 13.3. The molecule has 18 heavy (non-hydrogen) atoms. The summed E-state index contributed by atoms with van der Waals surface area (Å²) in [5, 5.41) is 0. The molecule has 0 saturated heterocycles. The minimum absolute atomic E-state index is 0.0960. The van der Waals surface area contributed by atoms with Gasteiger partial charge >= 0.3 is 0 Å². The van der Waals surface area contributed by atoms with Crippen LogP contribution in [0.1, 0.15) is 12.5 Å². The fraction of sp³-hybridized carbons (Fsp3) is 0.200. The van der Waals surface area contributed by atoms with Gasteiger partial charge in [0.15, 0.2) is 11.6 Å². The first-order valence-corrected chi connectivity index (χ1v) is 5.75. The van der Waals surface area contributed by atoms with Gasteiger partial charge in [-0.25, -0.2) is 0 Å². The van der Waals surface area contributed by atoms with Crippen LogP contribution in [0.3, 0.4) is 0 Å². The monoisotopic (exact) mass is 241 g/mol. The van der Waals surface area contributed by atoms with Crippen LogP contribution in [0.25, 0.3) is 5.57 Å². The highest BCUT2D eigenvalue weighted by Crippen LogP contribution is 2.23. The minimum Gasteiger partial charge on any atom is -0.378 e. The number of anilines is 1. The summed E-state index contributed by atoms with van der Waals surface area (Å²) >= 11 is 0. The van der Waals surface area contributed by atoms with Crippen molar-refractivity contribution in [1.29, 1.82) is 0 Å². The highest BCUT2D eigenvalue weighted by molar-refractivity contribution is 6.35. The maximum absolute atomic E-state index is 11.9. The third-order valence-electron chi connectivity index (χ3n) is 2.97. The molecular weight excluding hydrogens is 226 g/mol. The molecule has 0 spiro atoms. The standard InChI is InChI=1S/C15H15NO2/c1-10-8-15(18)13(9-14(10)17)11-4-6-12(7-5-11)16(2)3/h4-9H,1-3H3. The maximum Gasteiger partial charge on any atom is 0.186 e. The Bertz CT molecular complexity index is 563. The van der Waals surface area contributed by atoms with Gasteiger partial charge in [-0.1, -0.05) is 12.1 Å². The van der Waals surface area contributed by atoms with Crippen molar-refractivity contribution < 1.29 is 9.59 Å². The Morgan fingerprint density at radius 3 is 2.06 bits per heavy atom. The SMILES string of the molecule is CC1=CC(=O)C(c2ccc(N(C)C)cc2)=CC1=O. The van der Waals surface area contributed by atoms with Crippen molar-refractivity contribution in [2.45, 2.75) is 6.92 Å². The summed E-state index contributed by atoms with van der Waals surface area (Å²) < 4.78 is 0. The molecule has 3 heteroatoms. The van der Waals surface area contributed by atoms with E-state index >= 15 is 0 Å². The van der Waals surface area contributed by atoms with Gasteiger partial charge in [0.1, 0.15) is 0 Å². The number of ketones is 2. The van der Waals surface area contributed by atoms with Gasteiger partial charge in [0.2, 0.25) is 0 Å². The first-order chi connectivity index (χ1) is 8.49. The Morgan fingerprint density at radius 1 is 0.889 bits per heavy atom. The molecule has 0 aromatic heterocycles. The van der Waals surface area contributed by atoms with E-state index in [0.717, 1.165) is 11.3 Å². The largest absolute Gasteiger partial charge is 0.378 e. The van der Waals surface area contributed by atoms with Crippen molar-refractivity contribution >= 4 is 22.8 Å². The second-order valence-corrected chi connectivity index (χ2v) is 4.56. The molecule has 0 atom stereocenters. The zero-order valence-electron chi connectivity index (χ0n) is 10.7. The van der Waals surface area contributed by atoms with E-state index in [1.165, 1.54) is 12.2 Å². The van der Waals surface area contributed by atoms with Crippen LogP contribution < -0.4 is 4.90 Å². The average molecular weight is 241 g/mol. The molecule has 0 fully saturated rings. The van der Waals surface area contributed by atoms with Crippen LogP contribution in [0.5, 0.6) is 0 Å². The molecule has 0 heterocycles. The second-order valence-electron chi connectivity index (χ2n) is 4.56. The van der Waals surface area contributed by atoms with Gasteiger partial charge in [-0.15, -0.1) is 0 Å².